The summed E-state index contributed by atoms with van der Waals surface area (Å²) in [6, 6.07) is -0.900. The number of ether oxygens (including phenoxy) is 1. The Balaban J connectivity index is 5.04. The molecule has 0 aromatic rings. The second-order valence-corrected chi connectivity index (χ2v) is 27.1. The Hall–Kier alpha value is -2.81. The van der Waals surface area contributed by atoms with Crippen LogP contribution in [0.2, 0.25) is 0 Å². The van der Waals surface area contributed by atoms with Crippen molar-refractivity contribution in [3.8, 4) is 0 Å². The van der Waals surface area contributed by atoms with Crippen LogP contribution in [0.5, 0.6) is 0 Å². The zero-order valence-corrected chi connectivity index (χ0v) is 58.2. The van der Waals surface area contributed by atoms with E-state index in [2.05, 4.69) is 99.0 Å². The monoisotopic (exact) mass is 1220 g/mol. The highest BCUT2D eigenvalue weighted by Gasteiger charge is 2.27. The summed E-state index contributed by atoms with van der Waals surface area (Å²) in [6.45, 7) is 6.81. The van der Waals surface area contributed by atoms with Crippen molar-refractivity contribution in [1.82, 2.24) is 5.32 Å². The number of likely N-dealkylation sites (N-methyl/N-ethyl adjacent to an activating group) is 1. The van der Waals surface area contributed by atoms with Crippen molar-refractivity contribution in [2.45, 2.75) is 348 Å². The van der Waals surface area contributed by atoms with Gasteiger partial charge in [-0.05, 0) is 109 Å². The SMILES string of the molecule is CCCCC/C=C\C/C=C\C/C=C\C/C=C\CCCCCCCC(=O)OC(/C=C\CCCCCCCCCCCC)C(COP(=O)([O-])OCC[N+](C)(C)C)NC(=O)CCCCCCCCCCCCCCCCCCC/C=C\C/C=C\CCCCC. The average molecular weight is 1220 g/mol. The summed E-state index contributed by atoms with van der Waals surface area (Å²) in [5.41, 5.74) is 0. The fourth-order valence-electron chi connectivity index (χ4n) is 10.4. The van der Waals surface area contributed by atoms with Crippen LogP contribution in [0, 0.1) is 0 Å². The Bertz CT molecular complexity index is 1750. The molecule has 10 heteroatoms. The Morgan fingerprint density at radius 2 is 0.709 bits per heavy atom. The minimum absolute atomic E-state index is 0.0274. The molecule has 86 heavy (non-hydrogen) atoms. The molecule has 9 nitrogen and oxygen atoms in total. The van der Waals surface area contributed by atoms with Crippen molar-refractivity contribution in [3.05, 3.63) is 85.1 Å². The molecule has 3 unspecified atom stereocenters. The molecule has 1 N–H and O–H groups in total. The lowest BCUT2D eigenvalue weighted by molar-refractivity contribution is -0.870. The third-order valence-electron chi connectivity index (χ3n) is 16.0. The van der Waals surface area contributed by atoms with E-state index in [0.29, 0.717) is 23.9 Å². The van der Waals surface area contributed by atoms with E-state index in [1.165, 1.54) is 199 Å². The van der Waals surface area contributed by atoms with Crippen LogP contribution < -0.4 is 10.2 Å². The smallest absolute Gasteiger partial charge is 0.306 e. The summed E-state index contributed by atoms with van der Waals surface area (Å²) in [4.78, 5) is 40.2. The standard InChI is InChI=1S/C76H139N2O7P/c1-7-10-13-16-19-22-25-28-30-32-34-36-37-38-39-40-41-43-44-46-48-50-53-56-59-62-65-68-75(79)77-73(72-84-86(81,82)83-71-70-78(4,5)6)74(67-64-61-58-55-52-27-24-21-18-15-12-9-3)85-76(80)69-66-63-60-57-54-51-49-47-45-42-35-33-31-29-26-23-20-17-14-11-8-2/h19-20,22-23,28-31,35,42,47,49,64,67,73-74H,7-18,21,24-27,32-34,36-41,43-46,48,50-63,65-66,68-72H2,1-6H3,(H-,77,79,81,82)/b22-19-,23-20-,30-28-,31-29-,42-35-,49-47-,67-64-. The first-order chi connectivity index (χ1) is 41.9. The molecule has 0 spiro atoms. The fourth-order valence-corrected chi connectivity index (χ4v) is 11.1. The lowest BCUT2D eigenvalue weighted by Gasteiger charge is -2.30. The number of carbonyl (C=O) groups is 2. The van der Waals surface area contributed by atoms with Crippen molar-refractivity contribution >= 4 is 19.7 Å². The van der Waals surface area contributed by atoms with Crippen molar-refractivity contribution in [3.63, 3.8) is 0 Å². The van der Waals surface area contributed by atoms with E-state index in [4.69, 9.17) is 13.8 Å². The summed E-state index contributed by atoms with van der Waals surface area (Å²) in [6.07, 6.45) is 87.1. The predicted molar refractivity (Wildman–Crippen MR) is 371 cm³/mol. The molecule has 0 aliphatic rings. The Labute approximate surface area is 533 Å². The molecule has 0 bridgehead atoms. The van der Waals surface area contributed by atoms with Gasteiger partial charge in [-0.3, -0.25) is 14.2 Å². The van der Waals surface area contributed by atoms with Gasteiger partial charge in [0.2, 0.25) is 5.91 Å². The Kier molecular flexibility index (Phi) is 63.0. The van der Waals surface area contributed by atoms with Crippen LogP contribution in [0.3, 0.4) is 0 Å². The average Bonchev–Trinajstić information content (AvgIpc) is 3.69. The molecular formula is C76H139N2O7P. The fraction of sp³-hybridized carbons (Fsp3) is 0.789. The molecule has 0 saturated carbocycles. The lowest BCUT2D eigenvalue weighted by Crippen LogP contribution is -2.47. The normalized spacial score (nSPS) is 14.0. The Morgan fingerprint density at radius 1 is 0.407 bits per heavy atom. The minimum atomic E-state index is -4.71. The van der Waals surface area contributed by atoms with Gasteiger partial charge in [0, 0.05) is 12.8 Å². The molecule has 0 fully saturated rings. The number of hydrogen-bond donors (Lipinski definition) is 1. The number of nitrogens with zero attached hydrogens (tertiary/aromatic N) is 1. The molecule has 0 aliphatic heterocycles. The number of amides is 1. The van der Waals surface area contributed by atoms with E-state index in [-0.39, 0.29) is 24.9 Å². The van der Waals surface area contributed by atoms with Gasteiger partial charge < -0.3 is 28.5 Å². The maximum Gasteiger partial charge on any atom is 0.306 e. The highest BCUT2D eigenvalue weighted by atomic mass is 31.2. The first-order valence-electron chi connectivity index (χ1n) is 36.4. The molecule has 0 rings (SSSR count). The number of allylic oxidation sites excluding steroid dienone is 13. The van der Waals surface area contributed by atoms with Gasteiger partial charge in [-0.15, -0.1) is 0 Å². The van der Waals surface area contributed by atoms with Crippen LogP contribution in [-0.2, 0) is 27.9 Å². The van der Waals surface area contributed by atoms with Crippen molar-refractivity contribution < 1.29 is 37.3 Å². The van der Waals surface area contributed by atoms with Crippen molar-refractivity contribution in [2.75, 3.05) is 40.9 Å². The maximum atomic E-state index is 13.6. The van der Waals surface area contributed by atoms with Gasteiger partial charge in [0.15, 0.2) is 0 Å². The second-order valence-electron chi connectivity index (χ2n) is 25.7. The zero-order chi connectivity index (χ0) is 62.8. The lowest BCUT2D eigenvalue weighted by atomic mass is 10.0. The summed E-state index contributed by atoms with van der Waals surface area (Å²) in [5.74, 6) is -0.553. The molecule has 0 aromatic heterocycles. The summed E-state index contributed by atoms with van der Waals surface area (Å²) in [5, 5.41) is 3.04. The molecule has 0 aliphatic carbocycles. The number of phosphoric acid groups is 1. The third kappa shape index (κ3) is 65.6. The molecule has 0 radical (unpaired) electrons. The number of esters is 1. The number of nitrogens with one attached hydrogen (secondary N) is 1. The number of hydrogen-bond acceptors (Lipinski definition) is 7. The summed E-state index contributed by atoms with van der Waals surface area (Å²) >= 11 is 0. The topological polar surface area (TPSA) is 114 Å². The van der Waals surface area contributed by atoms with E-state index in [1.807, 2.05) is 33.3 Å². The predicted octanol–water partition coefficient (Wildman–Crippen LogP) is 22.7. The highest BCUT2D eigenvalue weighted by Crippen LogP contribution is 2.38. The van der Waals surface area contributed by atoms with E-state index in [0.717, 1.165) is 96.3 Å². The molecule has 0 saturated heterocycles. The molecule has 3 atom stereocenters. The van der Waals surface area contributed by atoms with Crippen LogP contribution in [0.15, 0.2) is 85.1 Å². The van der Waals surface area contributed by atoms with Crippen LogP contribution in [0.1, 0.15) is 335 Å². The summed E-state index contributed by atoms with van der Waals surface area (Å²) < 4.78 is 30.4. The molecule has 500 valence electrons. The highest BCUT2D eigenvalue weighted by molar-refractivity contribution is 7.45. The van der Waals surface area contributed by atoms with Gasteiger partial charge >= 0.3 is 5.97 Å². The number of carbonyl (C=O) groups excluding carboxylic acids is 2. The van der Waals surface area contributed by atoms with Crippen LogP contribution in [-0.4, -0.2) is 69.4 Å². The number of quaternary nitrogens is 1. The van der Waals surface area contributed by atoms with E-state index in [9.17, 15) is 19.0 Å². The van der Waals surface area contributed by atoms with Crippen molar-refractivity contribution in [2.24, 2.45) is 0 Å². The Morgan fingerprint density at radius 3 is 1.08 bits per heavy atom. The van der Waals surface area contributed by atoms with Gasteiger partial charge in [0.25, 0.3) is 7.82 Å². The minimum Gasteiger partial charge on any atom is -0.756 e. The van der Waals surface area contributed by atoms with Gasteiger partial charge in [0.1, 0.15) is 19.3 Å². The first-order valence-corrected chi connectivity index (χ1v) is 37.9. The summed E-state index contributed by atoms with van der Waals surface area (Å²) in [7, 11) is 1.18. The van der Waals surface area contributed by atoms with Gasteiger partial charge in [0.05, 0.1) is 33.8 Å². The quantitative estimate of drug-likeness (QED) is 0.0212. The van der Waals surface area contributed by atoms with E-state index in [1.54, 1.807) is 0 Å². The van der Waals surface area contributed by atoms with Crippen LogP contribution in [0.4, 0.5) is 0 Å². The van der Waals surface area contributed by atoms with Crippen molar-refractivity contribution in [1.29, 1.82) is 0 Å². The number of phosphoric ester groups is 1. The van der Waals surface area contributed by atoms with E-state index < -0.39 is 26.6 Å². The van der Waals surface area contributed by atoms with Crippen LogP contribution >= 0.6 is 7.82 Å². The molecule has 0 heterocycles. The van der Waals surface area contributed by atoms with Gasteiger partial charge in [-0.1, -0.05) is 299 Å². The zero-order valence-electron chi connectivity index (χ0n) is 57.3. The number of unbranched alkanes of at least 4 members (excludes halogenated alkanes) is 38. The molecule has 0 aromatic carbocycles. The van der Waals surface area contributed by atoms with Gasteiger partial charge in [-0.2, -0.15) is 0 Å². The molecule has 1 amide bonds. The molecular weight excluding hydrogens is 1080 g/mol. The first kappa shape index (κ1) is 83.2. The van der Waals surface area contributed by atoms with Gasteiger partial charge in [-0.25, -0.2) is 0 Å². The largest absolute Gasteiger partial charge is 0.756 e. The van der Waals surface area contributed by atoms with E-state index >= 15 is 0 Å². The maximum absolute atomic E-state index is 13.6. The second kappa shape index (κ2) is 65.2. The third-order valence-corrected chi connectivity index (χ3v) is 17.0. The number of rotatable bonds is 66. The van der Waals surface area contributed by atoms with Crippen LogP contribution in [0.25, 0.3) is 0 Å².